The summed E-state index contributed by atoms with van der Waals surface area (Å²) in [5.41, 5.74) is 10.3. The molecule has 0 radical (unpaired) electrons. The van der Waals surface area contributed by atoms with Crippen molar-refractivity contribution < 1.29 is 9.90 Å². The molecule has 5 nitrogen and oxygen atoms in total. The molecule has 134 valence electrons. The minimum atomic E-state index is -0.654. The van der Waals surface area contributed by atoms with Crippen LogP contribution in [0.5, 0.6) is 5.75 Å². The minimum Gasteiger partial charge on any atom is -0.506 e. The van der Waals surface area contributed by atoms with Crippen LogP contribution in [0.15, 0.2) is 60.3 Å². The van der Waals surface area contributed by atoms with Crippen molar-refractivity contribution in [2.75, 3.05) is 5.32 Å². The zero-order valence-electron chi connectivity index (χ0n) is 14.8. The number of hydrogen-bond acceptors (Lipinski definition) is 4. The fourth-order valence-corrected chi connectivity index (χ4v) is 2.96. The molecule has 0 fully saturated rings. The summed E-state index contributed by atoms with van der Waals surface area (Å²) in [5, 5.41) is 12.8. The quantitative estimate of drug-likeness (QED) is 0.718. The smallest absolute Gasteiger partial charge is 0.241 e. The zero-order valence-corrected chi connectivity index (χ0v) is 14.8. The lowest BCUT2D eigenvalue weighted by molar-refractivity contribution is -0.117. The van der Waals surface area contributed by atoms with Crippen LogP contribution in [0.4, 0.5) is 5.69 Å². The van der Waals surface area contributed by atoms with E-state index in [2.05, 4.69) is 16.4 Å². The summed E-state index contributed by atoms with van der Waals surface area (Å²) in [6, 6.07) is 8.31. The van der Waals surface area contributed by atoms with Gasteiger partial charge in [-0.05, 0) is 61.6 Å². The number of nitrogens with zero attached hydrogens (tertiary/aromatic N) is 1. The number of phenols is 1. The first-order chi connectivity index (χ1) is 12.5. The number of phenolic OH excluding ortho intramolecular Hbond substituents is 1. The second-order valence-corrected chi connectivity index (χ2v) is 6.51. The van der Waals surface area contributed by atoms with Crippen LogP contribution in [0.2, 0.25) is 0 Å². The molecular weight excluding hydrogens is 326 g/mol. The van der Waals surface area contributed by atoms with Gasteiger partial charge in [0.25, 0.3) is 0 Å². The molecule has 5 heteroatoms. The molecule has 1 aromatic carbocycles. The lowest BCUT2D eigenvalue weighted by atomic mass is 9.98. The van der Waals surface area contributed by atoms with Crippen LogP contribution in [0.25, 0.3) is 11.1 Å². The standard InChI is InChI=1S/C21H23N3O2/c1-14-11-17(9-10-23-14)16-7-8-20(25)19(13-16)24-21(26)18(22)12-15-5-3-2-4-6-15/h2-3,5,7-11,13,18,25H,4,6,12,22H2,1H3,(H,24,26)/t18-/m0/s1. The van der Waals surface area contributed by atoms with Crippen LogP contribution in [0, 0.1) is 6.92 Å². The first kappa shape index (κ1) is 17.9. The third-order valence-corrected chi connectivity index (χ3v) is 4.40. The number of aromatic nitrogens is 1. The van der Waals surface area contributed by atoms with E-state index in [-0.39, 0.29) is 11.7 Å². The summed E-state index contributed by atoms with van der Waals surface area (Å²) in [4.78, 5) is 16.6. The maximum Gasteiger partial charge on any atom is 0.241 e. The Morgan fingerprint density at radius 2 is 2.12 bits per heavy atom. The number of aryl methyl sites for hydroxylation is 1. The summed E-state index contributed by atoms with van der Waals surface area (Å²) in [7, 11) is 0. The molecule has 0 saturated carbocycles. The van der Waals surface area contributed by atoms with E-state index in [4.69, 9.17) is 5.73 Å². The molecule has 1 aliphatic carbocycles. The van der Waals surface area contributed by atoms with Gasteiger partial charge in [0.2, 0.25) is 5.91 Å². The summed E-state index contributed by atoms with van der Waals surface area (Å²) in [6.07, 6.45) is 10.3. The first-order valence-electron chi connectivity index (χ1n) is 8.70. The molecule has 1 aliphatic rings. The highest BCUT2D eigenvalue weighted by molar-refractivity contribution is 5.96. The number of nitrogens with one attached hydrogen (secondary N) is 1. The third kappa shape index (κ3) is 4.37. The van der Waals surface area contributed by atoms with E-state index in [1.54, 1.807) is 24.4 Å². The molecular formula is C21H23N3O2. The van der Waals surface area contributed by atoms with Crippen LogP contribution in [-0.4, -0.2) is 22.0 Å². The van der Waals surface area contributed by atoms with Crippen molar-refractivity contribution >= 4 is 11.6 Å². The molecule has 26 heavy (non-hydrogen) atoms. The Bertz CT molecular complexity index is 871. The molecule has 1 aromatic heterocycles. The normalized spacial score (nSPS) is 14.6. The monoisotopic (exact) mass is 349 g/mol. The van der Waals surface area contributed by atoms with Gasteiger partial charge in [-0.15, -0.1) is 0 Å². The summed E-state index contributed by atoms with van der Waals surface area (Å²) < 4.78 is 0. The number of pyridine rings is 1. The van der Waals surface area contributed by atoms with Crippen molar-refractivity contribution in [2.24, 2.45) is 5.73 Å². The highest BCUT2D eigenvalue weighted by Gasteiger charge is 2.17. The fourth-order valence-electron chi connectivity index (χ4n) is 2.96. The van der Waals surface area contributed by atoms with Crippen LogP contribution in [0.1, 0.15) is 25.0 Å². The average molecular weight is 349 g/mol. The maximum absolute atomic E-state index is 12.4. The number of anilines is 1. The summed E-state index contributed by atoms with van der Waals surface area (Å²) in [6.45, 7) is 1.92. The molecule has 0 unspecified atom stereocenters. The topological polar surface area (TPSA) is 88.2 Å². The summed E-state index contributed by atoms with van der Waals surface area (Å²) in [5.74, 6) is -0.293. The van der Waals surface area contributed by atoms with Crippen molar-refractivity contribution in [1.82, 2.24) is 4.98 Å². The number of carbonyl (C=O) groups excluding carboxylic acids is 1. The van der Waals surface area contributed by atoms with Crippen molar-refractivity contribution in [2.45, 2.75) is 32.2 Å². The van der Waals surface area contributed by atoms with E-state index in [1.165, 1.54) is 5.57 Å². The minimum absolute atomic E-state index is 0.0138. The van der Waals surface area contributed by atoms with Gasteiger partial charge in [0.05, 0.1) is 11.7 Å². The van der Waals surface area contributed by atoms with E-state index in [1.807, 2.05) is 31.2 Å². The Hall–Kier alpha value is -2.92. The van der Waals surface area contributed by atoms with Gasteiger partial charge < -0.3 is 16.2 Å². The van der Waals surface area contributed by atoms with Gasteiger partial charge in [0, 0.05) is 11.9 Å². The highest BCUT2D eigenvalue weighted by atomic mass is 16.3. The van der Waals surface area contributed by atoms with Crippen molar-refractivity contribution in [3.63, 3.8) is 0 Å². The second kappa shape index (κ2) is 7.97. The zero-order chi connectivity index (χ0) is 18.5. The number of carbonyl (C=O) groups is 1. The van der Waals surface area contributed by atoms with Crippen molar-refractivity contribution in [3.8, 4) is 16.9 Å². The number of hydrogen-bond donors (Lipinski definition) is 3. The van der Waals surface area contributed by atoms with Gasteiger partial charge in [-0.1, -0.05) is 29.9 Å². The number of benzene rings is 1. The first-order valence-corrected chi connectivity index (χ1v) is 8.70. The molecule has 1 amide bonds. The number of amides is 1. The van der Waals surface area contributed by atoms with E-state index in [0.717, 1.165) is 29.7 Å². The number of nitrogens with two attached hydrogens (primary N) is 1. The van der Waals surface area contributed by atoms with Crippen molar-refractivity contribution in [3.05, 3.63) is 66.0 Å². The SMILES string of the molecule is Cc1cc(-c2ccc(O)c(NC(=O)[C@@H](N)CC3=CC=CCC3)c2)ccn1. The molecule has 2 aromatic rings. The lowest BCUT2D eigenvalue weighted by Gasteiger charge is -2.16. The fraction of sp³-hybridized carbons (Fsp3) is 0.238. The van der Waals surface area contributed by atoms with E-state index in [9.17, 15) is 9.90 Å². The van der Waals surface area contributed by atoms with E-state index >= 15 is 0 Å². The van der Waals surface area contributed by atoms with Gasteiger partial charge in [-0.25, -0.2) is 0 Å². The molecule has 0 aliphatic heterocycles. The number of rotatable bonds is 5. The number of aromatic hydroxyl groups is 1. The number of allylic oxidation sites excluding steroid dienone is 3. The largest absolute Gasteiger partial charge is 0.506 e. The predicted octanol–water partition coefficient (Wildman–Crippen LogP) is 3.69. The molecule has 0 bridgehead atoms. The Morgan fingerprint density at radius 3 is 2.85 bits per heavy atom. The maximum atomic E-state index is 12.4. The van der Waals surface area contributed by atoms with Gasteiger partial charge in [0.15, 0.2) is 0 Å². The van der Waals surface area contributed by atoms with Crippen LogP contribution >= 0.6 is 0 Å². The van der Waals surface area contributed by atoms with Gasteiger partial charge in [-0.3, -0.25) is 9.78 Å². The summed E-state index contributed by atoms with van der Waals surface area (Å²) >= 11 is 0. The third-order valence-electron chi connectivity index (χ3n) is 4.40. The predicted molar refractivity (Wildman–Crippen MR) is 104 cm³/mol. The molecule has 4 N–H and O–H groups in total. The van der Waals surface area contributed by atoms with Gasteiger partial charge in [-0.2, -0.15) is 0 Å². The van der Waals surface area contributed by atoms with Gasteiger partial charge >= 0.3 is 0 Å². The molecule has 1 atom stereocenters. The molecule has 0 spiro atoms. The lowest BCUT2D eigenvalue weighted by Crippen LogP contribution is -2.36. The van der Waals surface area contributed by atoms with Crippen LogP contribution < -0.4 is 11.1 Å². The van der Waals surface area contributed by atoms with Crippen LogP contribution in [0.3, 0.4) is 0 Å². The Balaban J connectivity index is 1.74. The van der Waals surface area contributed by atoms with E-state index < -0.39 is 6.04 Å². The Morgan fingerprint density at radius 1 is 1.31 bits per heavy atom. The molecule has 0 saturated heterocycles. The van der Waals surface area contributed by atoms with Crippen molar-refractivity contribution in [1.29, 1.82) is 0 Å². The molecule has 1 heterocycles. The molecule has 3 rings (SSSR count). The Labute approximate surface area is 153 Å². The van der Waals surface area contributed by atoms with E-state index in [0.29, 0.717) is 12.1 Å². The average Bonchev–Trinajstić information content (AvgIpc) is 2.64. The highest BCUT2D eigenvalue weighted by Crippen LogP contribution is 2.30. The van der Waals surface area contributed by atoms with Crippen LogP contribution in [-0.2, 0) is 4.79 Å². The Kier molecular flexibility index (Phi) is 5.49. The second-order valence-electron chi connectivity index (χ2n) is 6.51. The van der Waals surface area contributed by atoms with Gasteiger partial charge in [0.1, 0.15) is 5.75 Å².